The van der Waals surface area contributed by atoms with E-state index in [0.29, 0.717) is 42.8 Å². The van der Waals surface area contributed by atoms with Gasteiger partial charge in [-0.25, -0.2) is 17.8 Å². The standard InChI is InChI=1S/C27H26FN3O3S/c1-19-7-10-21(11-8-19)35(32,33)26-18-29-23-12-9-20(28)17-22(23)27(26)31-15-13-30(14-16-31)24-5-3-4-6-25(24)34-2/h3-12,17-18H,13-16H2,1-2H3/p+1. The Hall–Kier alpha value is -3.65. The number of hydrogen-bond donors (Lipinski definition) is 0. The second-order valence-corrected chi connectivity index (χ2v) is 10.6. The highest BCUT2D eigenvalue weighted by atomic mass is 32.2. The Morgan fingerprint density at radius 1 is 0.914 bits per heavy atom. The van der Waals surface area contributed by atoms with E-state index in [1.54, 1.807) is 37.4 Å². The zero-order chi connectivity index (χ0) is 24.6. The summed E-state index contributed by atoms with van der Waals surface area (Å²) in [7, 11) is -2.19. The molecular weight excluding hydrogens is 465 g/mol. The van der Waals surface area contributed by atoms with Crippen LogP contribution in [0.25, 0.3) is 10.9 Å². The highest BCUT2D eigenvalue weighted by Gasteiger charge is 2.31. The molecule has 4 aromatic rings. The molecule has 0 unspecified atom stereocenters. The van der Waals surface area contributed by atoms with Gasteiger partial charge in [0, 0.05) is 32.2 Å². The van der Waals surface area contributed by atoms with Crippen molar-refractivity contribution >= 4 is 32.1 Å². The Kier molecular flexibility index (Phi) is 6.06. The number of ether oxygens (including phenoxy) is 1. The number of H-pyrrole nitrogens is 1. The van der Waals surface area contributed by atoms with Crippen LogP contribution >= 0.6 is 0 Å². The first-order chi connectivity index (χ1) is 16.9. The van der Waals surface area contributed by atoms with Crippen molar-refractivity contribution in [2.45, 2.75) is 16.7 Å². The smallest absolute Gasteiger partial charge is 0.214 e. The quantitative estimate of drug-likeness (QED) is 0.416. The first kappa shape index (κ1) is 23.1. The lowest BCUT2D eigenvalue weighted by Crippen LogP contribution is -2.47. The van der Waals surface area contributed by atoms with Crippen molar-refractivity contribution in [3.63, 3.8) is 0 Å². The van der Waals surface area contributed by atoms with Crippen molar-refractivity contribution in [3.05, 3.63) is 84.3 Å². The molecular formula is C27H27FN3O3S+. The summed E-state index contributed by atoms with van der Waals surface area (Å²) in [5, 5.41) is 0.545. The SMILES string of the molecule is COc1ccccc1N1CCN(c2c(S(=O)(=O)c3ccc(C)cc3)c[nH+]c3ccc(F)cc23)CC1. The normalized spacial score (nSPS) is 14.4. The van der Waals surface area contributed by atoms with Crippen LogP contribution in [-0.4, -0.2) is 41.7 Å². The fraction of sp³-hybridized carbons (Fsp3) is 0.222. The zero-order valence-corrected chi connectivity index (χ0v) is 20.5. The summed E-state index contributed by atoms with van der Waals surface area (Å²) >= 11 is 0. The monoisotopic (exact) mass is 492 g/mol. The number of sulfone groups is 1. The summed E-state index contributed by atoms with van der Waals surface area (Å²) in [5.74, 6) is 0.384. The number of nitrogens with one attached hydrogen (secondary N) is 1. The van der Waals surface area contributed by atoms with Crippen LogP contribution in [0.2, 0.25) is 0 Å². The van der Waals surface area contributed by atoms with Crippen molar-refractivity contribution in [2.75, 3.05) is 43.1 Å². The van der Waals surface area contributed by atoms with Crippen molar-refractivity contribution in [1.29, 1.82) is 0 Å². The Labute approximate surface area is 204 Å². The van der Waals surface area contributed by atoms with E-state index in [-0.39, 0.29) is 9.79 Å². The van der Waals surface area contributed by atoms with Crippen LogP contribution in [0.4, 0.5) is 15.8 Å². The third-order valence-electron chi connectivity index (χ3n) is 6.47. The molecule has 1 aliphatic rings. The average molecular weight is 493 g/mol. The third-order valence-corrected chi connectivity index (χ3v) is 8.25. The molecule has 0 radical (unpaired) electrons. The number of anilines is 2. The number of para-hydroxylation sites is 2. The highest BCUT2D eigenvalue weighted by Crippen LogP contribution is 2.37. The molecule has 1 aliphatic heterocycles. The van der Waals surface area contributed by atoms with E-state index in [1.165, 1.54) is 18.3 Å². The summed E-state index contributed by atoms with van der Waals surface area (Å²) in [6.07, 6.45) is 1.53. The van der Waals surface area contributed by atoms with Gasteiger partial charge >= 0.3 is 0 Å². The molecule has 180 valence electrons. The number of rotatable bonds is 5. The maximum Gasteiger partial charge on any atom is 0.214 e. The van der Waals surface area contributed by atoms with Gasteiger partial charge in [-0.05, 0) is 43.3 Å². The van der Waals surface area contributed by atoms with E-state index in [0.717, 1.165) is 17.0 Å². The second kappa shape index (κ2) is 9.19. The molecule has 1 aromatic heterocycles. The number of fused-ring (bicyclic) bond motifs is 1. The number of methoxy groups -OCH3 is 1. The number of aromatic amines is 1. The maximum atomic E-state index is 14.3. The maximum absolute atomic E-state index is 14.3. The van der Waals surface area contributed by atoms with E-state index >= 15 is 0 Å². The van der Waals surface area contributed by atoms with Gasteiger partial charge in [0.15, 0.2) is 11.1 Å². The van der Waals surface area contributed by atoms with E-state index < -0.39 is 15.7 Å². The average Bonchev–Trinajstić information content (AvgIpc) is 2.88. The topological polar surface area (TPSA) is 64.0 Å². The third kappa shape index (κ3) is 4.30. The molecule has 5 rings (SSSR count). The Balaban J connectivity index is 1.57. The molecule has 0 atom stereocenters. The highest BCUT2D eigenvalue weighted by molar-refractivity contribution is 7.91. The van der Waals surface area contributed by atoms with Crippen LogP contribution in [0.5, 0.6) is 5.75 Å². The minimum atomic E-state index is -3.85. The molecule has 1 saturated heterocycles. The van der Waals surface area contributed by atoms with Crippen molar-refractivity contribution < 1.29 is 22.5 Å². The second-order valence-electron chi connectivity index (χ2n) is 8.65. The summed E-state index contributed by atoms with van der Waals surface area (Å²) in [6.45, 7) is 4.39. The van der Waals surface area contributed by atoms with Gasteiger partial charge in [-0.15, -0.1) is 0 Å². The van der Waals surface area contributed by atoms with Crippen LogP contribution in [0.3, 0.4) is 0 Å². The minimum absolute atomic E-state index is 0.144. The van der Waals surface area contributed by atoms with Crippen LogP contribution in [0, 0.1) is 12.7 Å². The molecule has 0 saturated carbocycles. The first-order valence-corrected chi connectivity index (χ1v) is 13.0. The van der Waals surface area contributed by atoms with E-state index in [4.69, 9.17) is 4.74 Å². The lowest BCUT2D eigenvalue weighted by Gasteiger charge is -2.38. The molecule has 3 aromatic carbocycles. The molecule has 8 heteroatoms. The minimum Gasteiger partial charge on any atom is -0.495 e. The number of benzene rings is 3. The number of aromatic nitrogens is 1. The first-order valence-electron chi connectivity index (χ1n) is 11.5. The van der Waals surface area contributed by atoms with Crippen LogP contribution in [0.1, 0.15) is 5.56 Å². The predicted molar refractivity (Wildman–Crippen MR) is 135 cm³/mol. The number of piperazine rings is 1. The molecule has 1 fully saturated rings. The summed E-state index contributed by atoms with van der Waals surface area (Å²) in [4.78, 5) is 7.68. The van der Waals surface area contributed by atoms with Gasteiger partial charge in [0.2, 0.25) is 15.4 Å². The zero-order valence-electron chi connectivity index (χ0n) is 19.7. The number of halogens is 1. The van der Waals surface area contributed by atoms with Gasteiger partial charge in [-0.1, -0.05) is 29.8 Å². The van der Waals surface area contributed by atoms with Gasteiger partial charge in [-0.2, -0.15) is 0 Å². The van der Waals surface area contributed by atoms with E-state index in [9.17, 15) is 12.8 Å². The molecule has 35 heavy (non-hydrogen) atoms. The Morgan fingerprint density at radius 3 is 2.31 bits per heavy atom. The van der Waals surface area contributed by atoms with Crippen LogP contribution < -0.4 is 19.5 Å². The molecule has 0 amide bonds. The number of nitrogens with zero attached hydrogens (tertiary/aromatic N) is 2. The van der Waals surface area contributed by atoms with Gasteiger partial charge in [0.25, 0.3) is 0 Å². The van der Waals surface area contributed by atoms with Crippen molar-refractivity contribution in [1.82, 2.24) is 0 Å². The molecule has 0 bridgehead atoms. The van der Waals surface area contributed by atoms with E-state index in [2.05, 4.69) is 9.88 Å². The van der Waals surface area contributed by atoms with Gasteiger partial charge in [-0.3, -0.25) is 0 Å². The van der Waals surface area contributed by atoms with Crippen LogP contribution in [-0.2, 0) is 9.84 Å². The van der Waals surface area contributed by atoms with Crippen LogP contribution in [0.15, 0.2) is 82.7 Å². The summed E-state index contributed by atoms with van der Waals surface area (Å²) < 4.78 is 47.3. The van der Waals surface area contributed by atoms with E-state index in [1.807, 2.05) is 36.1 Å². The van der Waals surface area contributed by atoms with Gasteiger partial charge < -0.3 is 14.5 Å². The lowest BCUT2D eigenvalue weighted by atomic mass is 10.1. The number of aryl methyl sites for hydroxylation is 1. The van der Waals surface area contributed by atoms with Gasteiger partial charge in [0.1, 0.15) is 11.6 Å². The number of hydrogen-bond acceptors (Lipinski definition) is 5. The van der Waals surface area contributed by atoms with Gasteiger partial charge in [0.05, 0.1) is 28.8 Å². The lowest BCUT2D eigenvalue weighted by molar-refractivity contribution is -0.347. The molecule has 0 spiro atoms. The predicted octanol–water partition coefficient (Wildman–Crippen LogP) is 4.27. The Bertz CT molecular complexity index is 1480. The molecule has 2 heterocycles. The summed E-state index contributed by atoms with van der Waals surface area (Å²) in [6, 6.07) is 19.1. The fourth-order valence-corrected chi connectivity index (χ4v) is 6.08. The molecule has 0 aliphatic carbocycles. The number of pyridine rings is 1. The fourth-order valence-electron chi connectivity index (χ4n) is 4.62. The Morgan fingerprint density at radius 2 is 1.60 bits per heavy atom. The van der Waals surface area contributed by atoms with Crippen molar-refractivity contribution in [3.8, 4) is 5.75 Å². The largest absolute Gasteiger partial charge is 0.495 e. The van der Waals surface area contributed by atoms with Crippen molar-refractivity contribution in [2.24, 2.45) is 0 Å². The molecule has 6 nitrogen and oxygen atoms in total. The summed E-state index contributed by atoms with van der Waals surface area (Å²) in [5.41, 5.74) is 3.18. The molecule has 1 N–H and O–H groups in total.